The molecule has 0 aliphatic carbocycles. The maximum Gasteiger partial charge on any atom is 0.250 e. The predicted molar refractivity (Wildman–Crippen MR) is 91.3 cm³/mol. The zero-order chi connectivity index (χ0) is 17.1. The number of hydrogen-bond donors (Lipinski definition) is 2. The van der Waals surface area contributed by atoms with E-state index >= 15 is 0 Å². The second kappa shape index (κ2) is 6.54. The molecule has 6 heteroatoms. The van der Waals surface area contributed by atoms with Gasteiger partial charge in [0.25, 0.3) is 5.91 Å². The number of amides is 2. The summed E-state index contributed by atoms with van der Waals surface area (Å²) in [4.78, 5) is 28.0. The summed E-state index contributed by atoms with van der Waals surface area (Å²) in [5.74, 6) is -0.664. The minimum absolute atomic E-state index is 0.111. The number of benzene rings is 1. The molecule has 0 spiro atoms. The van der Waals surface area contributed by atoms with Crippen LogP contribution in [0.3, 0.4) is 0 Å². The monoisotopic (exact) mass is 322 g/mol. The van der Waals surface area contributed by atoms with Gasteiger partial charge in [-0.25, -0.2) is 0 Å². The van der Waals surface area contributed by atoms with E-state index in [1.165, 1.54) is 0 Å². The molecule has 0 aliphatic heterocycles. The molecule has 0 aliphatic rings. The van der Waals surface area contributed by atoms with Crippen LogP contribution in [0.4, 0.5) is 0 Å². The van der Waals surface area contributed by atoms with E-state index in [2.05, 4.69) is 10.3 Å². The molecule has 0 saturated carbocycles. The first-order valence-corrected chi connectivity index (χ1v) is 7.60. The van der Waals surface area contributed by atoms with Crippen LogP contribution < -0.4 is 11.1 Å². The van der Waals surface area contributed by atoms with Gasteiger partial charge in [0.15, 0.2) is 0 Å². The average molecular weight is 322 g/mol. The summed E-state index contributed by atoms with van der Waals surface area (Å²) < 4.78 is 1.73. The Labute approximate surface area is 139 Å². The Bertz CT molecular complexity index is 897. The van der Waals surface area contributed by atoms with Gasteiger partial charge in [-0.1, -0.05) is 24.3 Å². The van der Waals surface area contributed by atoms with E-state index in [-0.39, 0.29) is 12.5 Å². The zero-order valence-corrected chi connectivity index (χ0v) is 13.3. The SMILES string of the molecule is Cc1ccc(CNC(=O)Cn2cc(C(N)=O)c3ccccc32)nc1. The molecule has 0 radical (unpaired) electrons. The third-order valence-electron chi connectivity index (χ3n) is 3.81. The summed E-state index contributed by atoms with van der Waals surface area (Å²) in [6, 6.07) is 11.2. The minimum atomic E-state index is -0.505. The van der Waals surface area contributed by atoms with Crippen molar-refractivity contribution < 1.29 is 9.59 Å². The summed E-state index contributed by atoms with van der Waals surface area (Å²) in [7, 11) is 0. The lowest BCUT2D eigenvalue weighted by Gasteiger charge is -2.07. The van der Waals surface area contributed by atoms with Gasteiger partial charge in [0, 0.05) is 23.3 Å². The second-order valence-corrected chi connectivity index (χ2v) is 5.66. The number of hydrogen-bond acceptors (Lipinski definition) is 3. The van der Waals surface area contributed by atoms with Crippen LogP contribution in [0.5, 0.6) is 0 Å². The first kappa shape index (κ1) is 15.7. The summed E-state index contributed by atoms with van der Waals surface area (Å²) in [6.07, 6.45) is 3.39. The fraction of sp³-hybridized carbons (Fsp3) is 0.167. The maximum absolute atomic E-state index is 12.2. The number of aryl methyl sites for hydroxylation is 1. The quantitative estimate of drug-likeness (QED) is 0.750. The number of fused-ring (bicyclic) bond motifs is 1. The molecule has 3 N–H and O–H groups in total. The van der Waals surface area contributed by atoms with Crippen molar-refractivity contribution in [2.45, 2.75) is 20.0 Å². The van der Waals surface area contributed by atoms with Crippen LogP contribution in [-0.4, -0.2) is 21.4 Å². The minimum Gasteiger partial charge on any atom is -0.366 e. The van der Waals surface area contributed by atoms with Crippen LogP contribution in [0.2, 0.25) is 0 Å². The number of pyridine rings is 1. The number of nitrogens with zero attached hydrogens (tertiary/aromatic N) is 2. The molecule has 0 fully saturated rings. The lowest BCUT2D eigenvalue weighted by molar-refractivity contribution is -0.121. The van der Waals surface area contributed by atoms with E-state index < -0.39 is 5.91 Å². The van der Waals surface area contributed by atoms with E-state index in [4.69, 9.17) is 5.73 Å². The molecule has 2 heterocycles. The molecule has 2 amide bonds. The van der Waals surface area contributed by atoms with Crippen molar-refractivity contribution in [3.8, 4) is 0 Å². The topological polar surface area (TPSA) is 90.0 Å². The van der Waals surface area contributed by atoms with Crippen molar-refractivity contribution in [1.82, 2.24) is 14.9 Å². The van der Waals surface area contributed by atoms with Gasteiger partial charge >= 0.3 is 0 Å². The molecule has 24 heavy (non-hydrogen) atoms. The highest BCUT2D eigenvalue weighted by atomic mass is 16.2. The number of carbonyl (C=O) groups excluding carboxylic acids is 2. The van der Waals surface area contributed by atoms with Crippen molar-refractivity contribution in [1.29, 1.82) is 0 Å². The molecule has 0 atom stereocenters. The summed E-state index contributed by atoms with van der Waals surface area (Å²) >= 11 is 0. The first-order valence-electron chi connectivity index (χ1n) is 7.60. The second-order valence-electron chi connectivity index (χ2n) is 5.66. The molecule has 122 valence electrons. The molecule has 3 rings (SSSR count). The number of rotatable bonds is 5. The molecule has 0 bridgehead atoms. The van der Waals surface area contributed by atoms with Crippen LogP contribution >= 0.6 is 0 Å². The molecular weight excluding hydrogens is 304 g/mol. The number of para-hydroxylation sites is 1. The number of aromatic nitrogens is 2. The Kier molecular flexibility index (Phi) is 4.29. The molecule has 2 aromatic heterocycles. The fourth-order valence-electron chi connectivity index (χ4n) is 2.58. The van der Waals surface area contributed by atoms with Gasteiger partial charge in [0.2, 0.25) is 5.91 Å². The number of carbonyl (C=O) groups is 2. The Morgan fingerprint density at radius 1 is 1.21 bits per heavy atom. The lowest BCUT2D eigenvalue weighted by Crippen LogP contribution is -2.27. The third-order valence-corrected chi connectivity index (χ3v) is 3.81. The van der Waals surface area contributed by atoms with Crippen molar-refractivity contribution in [3.63, 3.8) is 0 Å². The molecule has 3 aromatic rings. The highest BCUT2D eigenvalue weighted by molar-refractivity contribution is 6.06. The smallest absolute Gasteiger partial charge is 0.250 e. The fourth-order valence-corrected chi connectivity index (χ4v) is 2.58. The Hall–Kier alpha value is -3.15. The summed E-state index contributed by atoms with van der Waals surface area (Å²) in [5, 5.41) is 3.58. The van der Waals surface area contributed by atoms with E-state index in [9.17, 15) is 9.59 Å². The van der Waals surface area contributed by atoms with Crippen LogP contribution in [-0.2, 0) is 17.9 Å². The highest BCUT2D eigenvalue weighted by Crippen LogP contribution is 2.20. The Morgan fingerprint density at radius 2 is 2.00 bits per heavy atom. The van der Waals surface area contributed by atoms with E-state index in [0.717, 1.165) is 22.2 Å². The van der Waals surface area contributed by atoms with Crippen LogP contribution in [0.15, 0.2) is 48.8 Å². The number of nitrogens with one attached hydrogen (secondary N) is 1. The van der Waals surface area contributed by atoms with Crippen molar-refractivity contribution >= 4 is 22.7 Å². The van der Waals surface area contributed by atoms with Crippen molar-refractivity contribution in [2.75, 3.05) is 0 Å². The van der Waals surface area contributed by atoms with Gasteiger partial charge in [-0.05, 0) is 24.6 Å². The molecule has 0 unspecified atom stereocenters. The van der Waals surface area contributed by atoms with E-state index in [1.54, 1.807) is 17.0 Å². The van der Waals surface area contributed by atoms with Gasteiger partial charge < -0.3 is 15.6 Å². The molecular formula is C18H18N4O2. The maximum atomic E-state index is 12.2. The largest absolute Gasteiger partial charge is 0.366 e. The molecule has 0 saturated heterocycles. The van der Waals surface area contributed by atoms with Crippen LogP contribution in [0.25, 0.3) is 10.9 Å². The Balaban J connectivity index is 1.73. The van der Waals surface area contributed by atoms with E-state index in [1.807, 2.05) is 43.3 Å². The van der Waals surface area contributed by atoms with Crippen molar-refractivity contribution in [3.05, 3.63) is 65.6 Å². The third kappa shape index (κ3) is 3.27. The normalized spacial score (nSPS) is 10.7. The summed E-state index contributed by atoms with van der Waals surface area (Å²) in [5.41, 5.74) is 8.49. The number of nitrogens with two attached hydrogens (primary N) is 1. The van der Waals surface area contributed by atoms with Gasteiger partial charge in [-0.3, -0.25) is 14.6 Å². The molecule has 1 aromatic carbocycles. The summed E-state index contributed by atoms with van der Waals surface area (Å²) in [6.45, 7) is 2.43. The lowest BCUT2D eigenvalue weighted by atomic mass is 10.2. The average Bonchev–Trinajstić information content (AvgIpc) is 2.93. The first-order chi connectivity index (χ1) is 11.5. The standard InChI is InChI=1S/C18H18N4O2/c1-12-6-7-13(20-8-12)9-21-17(23)11-22-10-15(18(19)24)14-4-2-3-5-16(14)22/h2-8,10H,9,11H2,1H3,(H2,19,24)(H,21,23). The van der Waals surface area contributed by atoms with Gasteiger partial charge in [0.05, 0.1) is 17.8 Å². The predicted octanol–water partition coefficient (Wildman–Crippen LogP) is 1.76. The van der Waals surface area contributed by atoms with E-state index in [0.29, 0.717) is 12.1 Å². The molecule has 6 nitrogen and oxygen atoms in total. The Morgan fingerprint density at radius 3 is 2.71 bits per heavy atom. The zero-order valence-electron chi connectivity index (χ0n) is 13.3. The van der Waals surface area contributed by atoms with Crippen LogP contribution in [0.1, 0.15) is 21.6 Å². The van der Waals surface area contributed by atoms with Crippen molar-refractivity contribution in [2.24, 2.45) is 5.73 Å². The van der Waals surface area contributed by atoms with Crippen LogP contribution in [0, 0.1) is 6.92 Å². The number of primary amides is 1. The highest BCUT2D eigenvalue weighted by Gasteiger charge is 2.14. The van der Waals surface area contributed by atoms with Gasteiger partial charge in [0.1, 0.15) is 6.54 Å². The van der Waals surface area contributed by atoms with Gasteiger partial charge in [-0.2, -0.15) is 0 Å². The van der Waals surface area contributed by atoms with Gasteiger partial charge in [-0.15, -0.1) is 0 Å².